The maximum Gasteiger partial charge on any atom is 0.0205 e. The number of hydrogen-bond acceptors (Lipinski definition) is 9. The molecule has 0 saturated carbocycles. The summed E-state index contributed by atoms with van der Waals surface area (Å²) < 4.78 is 0. The van der Waals surface area contributed by atoms with Gasteiger partial charge in [-0.05, 0) is 163 Å². The van der Waals surface area contributed by atoms with Gasteiger partial charge in [0.1, 0.15) is 0 Å². The third-order valence-corrected chi connectivity index (χ3v) is 7.09. The molecule has 0 heterocycles. The van der Waals surface area contributed by atoms with Crippen LogP contribution in [0.2, 0.25) is 0 Å². The zero-order valence-corrected chi connectivity index (χ0v) is 26.1. The van der Waals surface area contributed by atoms with Crippen LogP contribution < -0.4 is 49.1 Å². The maximum atomic E-state index is 5.58. The molecular formula is C33H61N9. The van der Waals surface area contributed by atoms with Crippen LogP contribution in [0.5, 0.6) is 0 Å². The molecular weight excluding hydrogens is 522 g/mol. The standard InChI is InChI=1S/C33H61N9/c34-10-2-13-37-16-5-19-40-26-29-8-1-9-32(23-29)33-24-30(27-41-20-6-17-38-14-3-11-35)22-31(25-33)28-42-21-7-18-39-15-4-12-36/h1,8-9,22-25,37-42H,2-7,10-21,26-28,34-36H2. The summed E-state index contributed by atoms with van der Waals surface area (Å²) in [4.78, 5) is 0. The first-order valence-electron chi connectivity index (χ1n) is 16.3. The van der Waals surface area contributed by atoms with E-state index in [1.54, 1.807) is 0 Å². The van der Waals surface area contributed by atoms with Crippen LogP contribution in [0.4, 0.5) is 0 Å². The summed E-state index contributed by atoms with van der Waals surface area (Å²) >= 11 is 0. The van der Waals surface area contributed by atoms with Gasteiger partial charge in [0.15, 0.2) is 0 Å². The summed E-state index contributed by atoms with van der Waals surface area (Å²) in [5.41, 5.74) is 23.2. The van der Waals surface area contributed by atoms with Gasteiger partial charge in [0.25, 0.3) is 0 Å². The molecule has 9 nitrogen and oxygen atoms in total. The van der Waals surface area contributed by atoms with E-state index in [9.17, 15) is 0 Å². The van der Waals surface area contributed by atoms with Crippen LogP contribution in [0, 0.1) is 0 Å². The van der Waals surface area contributed by atoms with Gasteiger partial charge in [0.2, 0.25) is 0 Å². The Morgan fingerprint density at radius 2 is 0.762 bits per heavy atom. The van der Waals surface area contributed by atoms with Gasteiger partial charge < -0.3 is 49.1 Å². The highest BCUT2D eigenvalue weighted by atomic mass is 14.9. The van der Waals surface area contributed by atoms with Crippen molar-refractivity contribution in [1.82, 2.24) is 31.9 Å². The third kappa shape index (κ3) is 17.9. The van der Waals surface area contributed by atoms with Gasteiger partial charge in [-0.2, -0.15) is 0 Å². The van der Waals surface area contributed by atoms with Crippen LogP contribution in [-0.4, -0.2) is 78.5 Å². The van der Waals surface area contributed by atoms with Crippen molar-refractivity contribution in [2.24, 2.45) is 17.2 Å². The summed E-state index contributed by atoms with van der Waals surface area (Å²) in [6, 6.07) is 16.0. The maximum absolute atomic E-state index is 5.58. The highest BCUT2D eigenvalue weighted by Crippen LogP contribution is 2.24. The van der Waals surface area contributed by atoms with E-state index in [4.69, 9.17) is 17.2 Å². The predicted molar refractivity (Wildman–Crippen MR) is 180 cm³/mol. The smallest absolute Gasteiger partial charge is 0.0205 e. The van der Waals surface area contributed by atoms with Gasteiger partial charge in [-0.15, -0.1) is 0 Å². The number of nitrogens with two attached hydrogens (primary N) is 3. The Morgan fingerprint density at radius 1 is 0.381 bits per heavy atom. The van der Waals surface area contributed by atoms with Gasteiger partial charge in [0, 0.05) is 19.6 Å². The number of benzene rings is 2. The first-order valence-corrected chi connectivity index (χ1v) is 16.3. The Hall–Kier alpha value is -1.92. The fourth-order valence-corrected chi connectivity index (χ4v) is 4.76. The molecule has 238 valence electrons. The van der Waals surface area contributed by atoms with Crippen LogP contribution in [0.25, 0.3) is 11.1 Å². The second-order valence-corrected chi connectivity index (χ2v) is 11.0. The predicted octanol–water partition coefficient (Wildman–Crippen LogP) is 1.61. The van der Waals surface area contributed by atoms with Gasteiger partial charge >= 0.3 is 0 Å². The molecule has 2 aromatic carbocycles. The number of hydrogen-bond donors (Lipinski definition) is 9. The van der Waals surface area contributed by atoms with Crippen molar-refractivity contribution in [2.45, 2.75) is 58.2 Å². The van der Waals surface area contributed by atoms with Crippen molar-refractivity contribution >= 4 is 0 Å². The zero-order valence-electron chi connectivity index (χ0n) is 26.1. The Kier molecular flexibility index (Phi) is 22.1. The van der Waals surface area contributed by atoms with Crippen LogP contribution in [-0.2, 0) is 19.6 Å². The molecule has 9 heteroatoms. The number of rotatable bonds is 28. The minimum Gasteiger partial charge on any atom is -0.330 e. The van der Waals surface area contributed by atoms with E-state index < -0.39 is 0 Å². The molecule has 0 aliphatic carbocycles. The summed E-state index contributed by atoms with van der Waals surface area (Å²) in [7, 11) is 0. The molecule has 12 N–H and O–H groups in total. The van der Waals surface area contributed by atoms with E-state index in [1.165, 1.54) is 27.8 Å². The summed E-state index contributed by atoms with van der Waals surface area (Å²) in [5, 5.41) is 21.2. The Labute approximate surface area is 255 Å². The Balaban J connectivity index is 1.91. The quantitative estimate of drug-likeness (QED) is 0.0681. The SMILES string of the molecule is NCCCNCCCNCc1cccc(-c2cc(CNCCCNCCCN)cc(CNCCCNCCCN)c2)c1. The monoisotopic (exact) mass is 584 g/mol. The molecule has 0 radical (unpaired) electrons. The molecule has 0 fully saturated rings. The van der Waals surface area contributed by atoms with Crippen molar-refractivity contribution in [2.75, 3.05) is 78.5 Å². The minimum absolute atomic E-state index is 0.748. The van der Waals surface area contributed by atoms with Crippen molar-refractivity contribution in [3.8, 4) is 11.1 Å². The van der Waals surface area contributed by atoms with Crippen LogP contribution in [0.15, 0.2) is 42.5 Å². The second kappa shape index (κ2) is 25.6. The van der Waals surface area contributed by atoms with Crippen molar-refractivity contribution in [3.63, 3.8) is 0 Å². The lowest BCUT2D eigenvalue weighted by molar-refractivity contribution is 0.583. The van der Waals surface area contributed by atoms with Crippen molar-refractivity contribution in [1.29, 1.82) is 0 Å². The van der Waals surface area contributed by atoms with Crippen LogP contribution in [0.3, 0.4) is 0 Å². The van der Waals surface area contributed by atoms with E-state index in [0.29, 0.717) is 0 Å². The lowest BCUT2D eigenvalue weighted by atomic mass is 9.98. The van der Waals surface area contributed by atoms with E-state index in [0.717, 1.165) is 137 Å². The first-order chi connectivity index (χ1) is 20.8. The third-order valence-electron chi connectivity index (χ3n) is 7.09. The highest BCUT2D eigenvalue weighted by Gasteiger charge is 2.06. The molecule has 0 saturated heterocycles. The summed E-state index contributed by atoms with van der Waals surface area (Å²) in [6.45, 7) is 13.9. The van der Waals surface area contributed by atoms with Gasteiger partial charge in [0.05, 0.1) is 0 Å². The van der Waals surface area contributed by atoms with E-state index in [-0.39, 0.29) is 0 Å². The highest BCUT2D eigenvalue weighted by molar-refractivity contribution is 5.66. The largest absolute Gasteiger partial charge is 0.330 e. The molecule has 0 bridgehead atoms. The average Bonchev–Trinajstić information content (AvgIpc) is 3.01. The normalized spacial score (nSPS) is 11.4. The molecule has 42 heavy (non-hydrogen) atoms. The average molecular weight is 584 g/mol. The van der Waals surface area contributed by atoms with Crippen LogP contribution in [0.1, 0.15) is 55.2 Å². The number of nitrogens with one attached hydrogen (secondary N) is 6. The molecule has 2 aromatic rings. The fourth-order valence-electron chi connectivity index (χ4n) is 4.76. The molecule has 0 atom stereocenters. The minimum atomic E-state index is 0.748. The van der Waals surface area contributed by atoms with Crippen molar-refractivity contribution < 1.29 is 0 Å². The lowest BCUT2D eigenvalue weighted by Gasteiger charge is -2.13. The molecule has 0 aliphatic heterocycles. The van der Waals surface area contributed by atoms with Crippen LogP contribution >= 0.6 is 0 Å². The van der Waals surface area contributed by atoms with Gasteiger partial charge in [-0.1, -0.05) is 24.3 Å². The molecule has 0 aliphatic rings. The van der Waals surface area contributed by atoms with Crippen molar-refractivity contribution in [3.05, 3.63) is 59.2 Å². The Bertz CT molecular complexity index is 871. The van der Waals surface area contributed by atoms with E-state index in [2.05, 4.69) is 74.4 Å². The molecule has 0 aromatic heterocycles. The fraction of sp³-hybridized carbons (Fsp3) is 0.636. The molecule has 0 spiro atoms. The Morgan fingerprint density at radius 3 is 1.21 bits per heavy atom. The molecule has 2 rings (SSSR count). The topological polar surface area (TPSA) is 150 Å². The molecule has 0 unspecified atom stereocenters. The summed E-state index contributed by atoms with van der Waals surface area (Å²) in [5.74, 6) is 0. The zero-order chi connectivity index (χ0) is 29.9. The van der Waals surface area contributed by atoms with E-state index in [1.807, 2.05) is 0 Å². The summed E-state index contributed by atoms with van der Waals surface area (Å²) in [6.07, 6.45) is 6.44. The first kappa shape index (κ1) is 36.3. The lowest BCUT2D eigenvalue weighted by Crippen LogP contribution is -2.24. The van der Waals surface area contributed by atoms with Gasteiger partial charge in [-0.3, -0.25) is 0 Å². The second-order valence-electron chi connectivity index (χ2n) is 11.0. The van der Waals surface area contributed by atoms with E-state index >= 15 is 0 Å². The van der Waals surface area contributed by atoms with Gasteiger partial charge in [-0.25, -0.2) is 0 Å². The molecule has 0 amide bonds.